The van der Waals surface area contributed by atoms with Gasteiger partial charge >= 0.3 is 0 Å². The van der Waals surface area contributed by atoms with Crippen molar-refractivity contribution >= 4 is 17.5 Å². The van der Waals surface area contributed by atoms with Crippen molar-refractivity contribution in [2.75, 3.05) is 24.5 Å². The van der Waals surface area contributed by atoms with Gasteiger partial charge in [-0.3, -0.25) is 4.79 Å². The standard InChI is InChI=1S/C24H36N4O/c1-7-10-12-26(9-3)23(29)22-20(11-8-2)25-24-27(13-14-28(22)24)21-18(5)15-17(4)16-19(21)6/h15-16H,7-14H2,1-6H3. The first-order chi connectivity index (χ1) is 13.9. The second-order valence-electron chi connectivity index (χ2n) is 8.25. The third kappa shape index (κ3) is 4.05. The Hall–Kier alpha value is -2.30. The number of hydrogen-bond acceptors (Lipinski definition) is 3. The van der Waals surface area contributed by atoms with Crippen LogP contribution in [0.1, 0.15) is 72.9 Å². The highest BCUT2D eigenvalue weighted by molar-refractivity contribution is 5.95. The van der Waals surface area contributed by atoms with E-state index in [1.807, 2.05) is 4.90 Å². The molecule has 0 atom stereocenters. The van der Waals surface area contributed by atoms with Gasteiger partial charge in [0, 0.05) is 31.9 Å². The largest absolute Gasteiger partial charge is 0.338 e. The molecule has 29 heavy (non-hydrogen) atoms. The maximum Gasteiger partial charge on any atom is 0.272 e. The number of rotatable bonds is 8. The lowest BCUT2D eigenvalue weighted by atomic mass is 10.0. The molecule has 0 saturated carbocycles. The van der Waals surface area contributed by atoms with Crippen molar-refractivity contribution in [3.63, 3.8) is 0 Å². The van der Waals surface area contributed by atoms with Crippen LogP contribution >= 0.6 is 0 Å². The highest BCUT2D eigenvalue weighted by Crippen LogP contribution is 2.37. The summed E-state index contributed by atoms with van der Waals surface area (Å²) in [5.41, 5.74) is 6.81. The Labute approximate surface area is 175 Å². The second kappa shape index (κ2) is 9.02. The predicted octanol–water partition coefficient (Wildman–Crippen LogP) is 5.17. The van der Waals surface area contributed by atoms with E-state index in [1.165, 1.54) is 22.4 Å². The van der Waals surface area contributed by atoms with Gasteiger partial charge in [-0.2, -0.15) is 0 Å². The van der Waals surface area contributed by atoms with E-state index < -0.39 is 0 Å². The summed E-state index contributed by atoms with van der Waals surface area (Å²) in [5, 5.41) is 0. The van der Waals surface area contributed by atoms with E-state index in [-0.39, 0.29) is 5.91 Å². The highest BCUT2D eigenvalue weighted by atomic mass is 16.2. The van der Waals surface area contributed by atoms with E-state index in [2.05, 4.69) is 63.1 Å². The molecule has 1 aliphatic rings. The molecule has 5 heteroatoms. The monoisotopic (exact) mass is 396 g/mol. The van der Waals surface area contributed by atoms with Gasteiger partial charge in [-0.05, 0) is 51.7 Å². The van der Waals surface area contributed by atoms with Crippen LogP contribution < -0.4 is 4.90 Å². The van der Waals surface area contributed by atoms with Gasteiger partial charge in [0.25, 0.3) is 5.91 Å². The van der Waals surface area contributed by atoms with E-state index in [4.69, 9.17) is 4.98 Å². The molecule has 0 saturated heterocycles. The summed E-state index contributed by atoms with van der Waals surface area (Å²) >= 11 is 0. The number of nitrogens with zero attached hydrogens (tertiary/aromatic N) is 4. The first-order valence-electron chi connectivity index (χ1n) is 11.2. The van der Waals surface area contributed by atoms with Crippen LogP contribution in [0.15, 0.2) is 12.1 Å². The van der Waals surface area contributed by atoms with E-state index in [1.54, 1.807) is 0 Å². The number of carbonyl (C=O) groups excluding carboxylic acids is 1. The van der Waals surface area contributed by atoms with E-state index >= 15 is 0 Å². The number of imidazole rings is 1. The smallest absolute Gasteiger partial charge is 0.272 e. The molecular weight excluding hydrogens is 360 g/mol. The fraction of sp³-hybridized carbons (Fsp3) is 0.583. The summed E-state index contributed by atoms with van der Waals surface area (Å²) in [5.74, 6) is 1.07. The SMILES string of the molecule is CCCCN(CC)C(=O)c1c(CCC)nc2n1CCN2c1c(C)cc(C)cc1C. The Morgan fingerprint density at radius 2 is 1.76 bits per heavy atom. The van der Waals surface area contributed by atoms with Crippen LogP contribution in [0.3, 0.4) is 0 Å². The van der Waals surface area contributed by atoms with Gasteiger partial charge in [0.1, 0.15) is 5.69 Å². The fourth-order valence-corrected chi connectivity index (χ4v) is 4.57. The molecule has 2 heterocycles. The molecule has 0 N–H and O–H groups in total. The molecule has 1 aliphatic heterocycles. The van der Waals surface area contributed by atoms with Crippen molar-refractivity contribution in [3.8, 4) is 0 Å². The van der Waals surface area contributed by atoms with Crippen molar-refractivity contribution in [1.29, 1.82) is 0 Å². The lowest BCUT2D eigenvalue weighted by Gasteiger charge is -2.22. The molecule has 1 aromatic heterocycles. The second-order valence-corrected chi connectivity index (χ2v) is 8.25. The first-order valence-corrected chi connectivity index (χ1v) is 11.2. The lowest BCUT2D eigenvalue weighted by Crippen LogP contribution is -2.33. The Kier molecular flexibility index (Phi) is 6.66. The number of anilines is 2. The molecule has 0 unspecified atom stereocenters. The number of aryl methyl sites for hydroxylation is 4. The van der Waals surface area contributed by atoms with Crippen molar-refractivity contribution in [1.82, 2.24) is 14.5 Å². The van der Waals surface area contributed by atoms with Crippen LogP contribution in [-0.4, -0.2) is 40.0 Å². The van der Waals surface area contributed by atoms with Gasteiger partial charge in [0.2, 0.25) is 5.95 Å². The van der Waals surface area contributed by atoms with Crippen molar-refractivity contribution in [3.05, 3.63) is 40.2 Å². The number of fused-ring (bicyclic) bond motifs is 1. The molecule has 1 amide bonds. The number of unbranched alkanes of at least 4 members (excludes halogenated alkanes) is 1. The van der Waals surface area contributed by atoms with Gasteiger partial charge in [-0.15, -0.1) is 0 Å². The average Bonchev–Trinajstić information content (AvgIpc) is 3.21. The maximum absolute atomic E-state index is 13.5. The number of amides is 1. The maximum atomic E-state index is 13.5. The zero-order valence-electron chi connectivity index (χ0n) is 19.0. The van der Waals surface area contributed by atoms with Gasteiger partial charge < -0.3 is 14.4 Å². The summed E-state index contributed by atoms with van der Waals surface area (Å²) in [6.45, 7) is 16.1. The number of carbonyl (C=O) groups is 1. The van der Waals surface area contributed by atoms with Crippen LogP contribution in [0.25, 0.3) is 0 Å². The molecule has 0 spiro atoms. The van der Waals surface area contributed by atoms with Crippen molar-refractivity contribution in [2.45, 2.75) is 73.8 Å². The number of aromatic nitrogens is 2. The number of benzene rings is 1. The summed E-state index contributed by atoms with van der Waals surface area (Å²) in [6, 6.07) is 4.47. The summed E-state index contributed by atoms with van der Waals surface area (Å²) in [4.78, 5) is 22.8. The minimum atomic E-state index is 0.141. The summed E-state index contributed by atoms with van der Waals surface area (Å²) < 4.78 is 2.17. The minimum Gasteiger partial charge on any atom is -0.338 e. The first kappa shape index (κ1) is 21.4. The highest BCUT2D eigenvalue weighted by Gasteiger charge is 2.33. The Balaban J connectivity index is 2.04. The molecule has 2 aromatic rings. The molecule has 0 radical (unpaired) electrons. The van der Waals surface area contributed by atoms with Gasteiger partial charge in [-0.1, -0.05) is 44.4 Å². The molecule has 0 bridgehead atoms. The van der Waals surface area contributed by atoms with E-state index in [0.29, 0.717) is 0 Å². The summed E-state index contributed by atoms with van der Waals surface area (Å²) in [7, 11) is 0. The molecule has 0 aliphatic carbocycles. The van der Waals surface area contributed by atoms with Crippen LogP contribution in [0, 0.1) is 20.8 Å². The van der Waals surface area contributed by atoms with Crippen LogP contribution in [0.5, 0.6) is 0 Å². The zero-order chi connectivity index (χ0) is 21.1. The molecule has 5 nitrogen and oxygen atoms in total. The predicted molar refractivity (Wildman–Crippen MR) is 120 cm³/mol. The van der Waals surface area contributed by atoms with E-state index in [0.717, 1.165) is 69.2 Å². The molecule has 158 valence electrons. The fourth-order valence-electron chi connectivity index (χ4n) is 4.57. The van der Waals surface area contributed by atoms with Crippen LogP contribution in [0.4, 0.5) is 11.6 Å². The van der Waals surface area contributed by atoms with Crippen molar-refractivity contribution < 1.29 is 4.79 Å². The Bertz CT molecular complexity index is 860. The number of hydrogen-bond donors (Lipinski definition) is 0. The molecule has 3 rings (SSSR count). The normalized spacial score (nSPS) is 13.1. The van der Waals surface area contributed by atoms with Crippen LogP contribution in [0.2, 0.25) is 0 Å². The third-order valence-electron chi connectivity index (χ3n) is 5.85. The van der Waals surface area contributed by atoms with Gasteiger partial charge in [0.15, 0.2) is 0 Å². The third-order valence-corrected chi connectivity index (χ3v) is 5.85. The van der Waals surface area contributed by atoms with E-state index in [9.17, 15) is 4.79 Å². The Morgan fingerprint density at radius 1 is 1.07 bits per heavy atom. The lowest BCUT2D eigenvalue weighted by molar-refractivity contribution is 0.0751. The Morgan fingerprint density at radius 3 is 2.34 bits per heavy atom. The quantitative estimate of drug-likeness (QED) is 0.618. The van der Waals surface area contributed by atoms with Crippen LogP contribution in [-0.2, 0) is 13.0 Å². The molecule has 0 fully saturated rings. The van der Waals surface area contributed by atoms with Gasteiger partial charge in [0.05, 0.1) is 5.69 Å². The minimum absolute atomic E-state index is 0.141. The molecular formula is C24H36N4O. The molecule has 1 aromatic carbocycles. The summed E-state index contributed by atoms with van der Waals surface area (Å²) in [6.07, 6.45) is 3.96. The zero-order valence-corrected chi connectivity index (χ0v) is 19.0. The van der Waals surface area contributed by atoms with Gasteiger partial charge in [-0.25, -0.2) is 4.98 Å². The topological polar surface area (TPSA) is 41.4 Å². The average molecular weight is 397 g/mol. The van der Waals surface area contributed by atoms with Crippen molar-refractivity contribution in [2.24, 2.45) is 0 Å².